The summed E-state index contributed by atoms with van der Waals surface area (Å²) in [5, 5.41) is 6.11. The first-order valence-electron chi connectivity index (χ1n) is 11.4. The van der Waals surface area contributed by atoms with Crippen molar-refractivity contribution < 1.29 is 18.0 Å². The monoisotopic (exact) mass is 429 g/mol. The van der Waals surface area contributed by atoms with Crippen molar-refractivity contribution in [2.24, 2.45) is 5.92 Å². The van der Waals surface area contributed by atoms with Crippen molar-refractivity contribution in [3.05, 3.63) is 0 Å². The van der Waals surface area contributed by atoms with E-state index in [1.54, 1.807) is 0 Å². The molecule has 0 aromatic carbocycles. The summed E-state index contributed by atoms with van der Waals surface area (Å²) in [5.41, 5.74) is -0.798. The molecule has 0 aromatic heterocycles. The number of rotatable bonds is 10. The number of amides is 2. The zero-order valence-corrected chi connectivity index (χ0v) is 19.0. The fraction of sp³-hybridized carbons (Fsp3) is 0.905. The first kappa shape index (κ1) is 24.1. The van der Waals surface area contributed by atoms with Crippen LogP contribution in [0.3, 0.4) is 0 Å². The molecule has 7 nitrogen and oxygen atoms in total. The van der Waals surface area contributed by atoms with Crippen LogP contribution in [0.25, 0.3) is 0 Å². The maximum Gasteiger partial charge on any atom is 0.245 e. The molecule has 168 valence electrons. The molecule has 1 heterocycles. The van der Waals surface area contributed by atoms with Crippen molar-refractivity contribution >= 4 is 21.8 Å². The maximum absolute atomic E-state index is 13.0. The molecule has 0 spiro atoms. The third-order valence-electron chi connectivity index (χ3n) is 6.29. The molecule has 29 heavy (non-hydrogen) atoms. The van der Waals surface area contributed by atoms with Crippen molar-refractivity contribution in [3.63, 3.8) is 0 Å². The molecule has 0 aromatic rings. The summed E-state index contributed by atoms with van der Waals surface area (Å²) in [6.07, 6.45) is 8.83. The molecule has 2 rings (SSSR count). The fourth-order valence-electron chi connectivity index (χ4n) is 4.30. The minimum atomic E-state index is -3.22. The number of carbonyl (C=O) groups excluding carboxylic acids is 2. The quantitative estimate of drug-likeness (QED) is 0.522. The average molecular weight is 430 g/mol. The number of nitrogens with one attached hydrogen (secondary N) is 2. The highest BCUT2D eigenvalue weighted by molar-refractivity contribution is 7.89. The molecular weight excluding hydrogens is 390 g/mol. The minimum Gasteiger partial charge on any atom is -0.354 e. The highest BCUT2D eigenvalue weighted by Crippen LogP contribution is 2.30. The van der Waals surface area contributed by atoms with Crippen molar-refractivity contribution in [1.29, 1.82) is 0 Å². The van der Waals surface area contributed by atoms with Gasteiger partial charge in [0.1, 0.15) is 5.54 Å². The number of carbonyl (C=O) groups is 2. The van der Waals surface area contributed by atoms with Gasteiger partial charge in [0.05, 0.1) is 5.75 Å². The Kier molecular flexibility index (Phi) is 9.40. The molecule has 0 unspecified atom stereocenters. The second kappa shape index (κ2) is 11.3. The third kappa shape index (κ3) is 6.67. The van der Waals surface area contributed by atoms with Gasteiger partial charge in [0.15, 0.2) is 0 Å². The predicted octanol–water partition coefficient (Wildman–Crippen LogP) is 2.56. The topological polar surface area (TPSA) is 95.6 Å². The Morgan fingerprint density at radius 2 is 1.62 bits per heavy atom. The van der Waals surface area contributed by atoms with Gasteiger partial charge < -0.3 is 10.6 Å². The molecule has 0 atom stereocenters. The van der Waals surface area contributed by atoms with Gasteiger partial charge in [-0.05, 0) is 38.5 Å². The van der Waals surface area contributed by atoms with Crippen molar-refractivity contribution in [2.45, 2.75) is 90.0 Å². The number of piperidine rings is 1. The van der Waals surface area contributed by atoms with E-state index in [4.69, 9.17) is 0 Å². The zero-order valence-electron chi connectivity index (χ0n) is 18.2. The molecule has 1 saturated carbocycles. The SMILES string of the molecule is CCCCNC(=O)C1(NC(=O)C2CCN(S(=O)(=O)CCCC)CC2)CCCCC1. The lowest BCUT2D eigenvalue weighted by Gasteiger charge is -2.39. The van der Waals surface area contributed by atoms with Crippen LogP contribution in [-0.2, 0) is 19.6 Å². The standard InChI is InChI=1S/C21H39N3O4S/c1-3-5-14-22-20(26)21(12-8-7-9-13-21)23-19(25)18-10-15-24(16-11-18)29(27,28)17-6-4-2/h18H,3-17H2,1-2H3,(H,22,26)(H,23,25). The zero-order chi connectivity index (χ0) is 21.3. The number of hydrogen-bond acceptors (Lipinski definition) is 4. The lowest BCUT2D eigenvalue weighted by atomic mass is 9.80. The maximum atomic E-state index is 13.0. The van der Waals surface area contributed by atoms with E-state index >= 15 is 0 Å². The highest BCUT2D eigenvalue weighted by atomic mass is 32.2. The van der Waals surface area contributed by atoms with Gasteiger partial charge in [-0.15, -0.1) is 0 Å². The van der Waals surface area contributed by atoms with E-state index in [2.05, 4.69) is 17.6 Å². The van der Waals surface area contributed by atoms with E-state index in [-0.39, 0.29) is 23.5 Å². The van der Waals surface area contributed by atoms with E-state index in [1.807, 2.05) is 6.92 Å². The number of unbranched alkanes of at least 4 members (excludes halogenated alkanes) is 2. The van der Waals surface area contributed by atoms with Crippen LogP contribution in [0, 0.1) is 5.92 Å². The van der Waals surface area contributed by atoms with Gasteiger partial charge in [0.25, 0.3) is 0 Å². The van der Waals surface area contributed by atoms with E-state index in [1.165, 1.54) is 4.31 Å². The highest BCUT2D eigenvalue weighted by Gasteiger charge is 2.42. The molecule has 2 amide bonds. The predicted molar refractivity (Wildman–Crippen MR) is 115 cm³/mol. The van der Waals surface area contributed by atoms with Gasteiger partial charge >= 0.3 is 0 Å². The largest absolute Gasteiger partial charge is 0.354 e. The van der Waals surface area contributed by atoms with Gasteiger partial charge in [0, 0.05) is 25.6 Å². The van der Waals surface area contributed by atoms with Crippen LogP contribution < -0.4 is 10.6 Å². The van der Waals surface area contributed by atoms with E-state index in [9.17, 15) is 18.0 Å². The number of hydrogen-bond donors (Lipinski definition) is 2. The number of nitrogens with zero attached hydrogens (tertiary/aromatic N) is 1. The normalized spacial score (nSPS) is 20.9. The number of sulfonamides is 1. The summed E-state index contributed by atoms with van der Waals surface area (Å²) in [6, 6.07) is 0. The van der Waals surface area contributed by atoms with Crippen LogP contribution in [0.2, 0.25) is 0 Å². The lowest BCUT2D eigenvalue weighted by molar-refractivity contribution is -0.137. The van der Waals surface area contributed by atoms with Crippen LogP contribution in [0.15, 0.2) is 0 Å². The van der Waals surface area contributed by atoms with E-state index in [0.717, 1.165) is 38.5 Å². The van der Waals surface area contributed by atoms with Gasteiger partial charge in [-0.1, -0.05) is 46.0 Å². The Morgan fingerprint density at radius 3 is 2.21 bits per heavy atom. The van der Waals surface area contributed by atoms with Gasteiger partial charge in [-0.2, -0.15) is 0 Å². The van der Waals surface area contributed by atoms with Crippen LogP contribution in [0.4, 0.5) is 0 Å². The first-order chi connectivity index (χ1) is 13.8. The molecule has 2 N–H and O–H groups in total. The Labute approximate surface area is 176 Å². The molecular formula is C21H39N3O4S. The smallest absolute Gasteiger partial charge is 0.245 e. The van der Waals surface area contributed by atoms with Crippen molar-refractivity contribution in [1.82, 2.24) is 14.9 Å². The molecule has 8 heteroatoms. The summed E-state index contributed by atoms with van der Waals surface area (Å²) in [6.45, 7) is 5.48. The van der Waals surface area contributed by atoms with Gasteiger partial charge in [0.2, 0.25) is 21.8 Å². The Morgan fingerprint density at radius 1 is 1.00 bits per heavy atom. The summed E-state index contributed by atoms with van der Waals surface area (Å²) in [4.78, 5) is 25.9. The van der Waals surface area contributed by atoms with Crippen molar-refractivity contribution in [2.75, 3.05) is 25.4 Å². The Bertz CT molecular complexity index is 636. The average Bonchev–Trinajstić information content (AvgIpc) is 2.73. The second-order valence-electron chi connectivity index (χ2n) is 8.58. The molecule has 1 saturated heterocycles. The van der Waals surface area contributed by atoms with Gasteiger partial charge in [-0.3, -0.25) is 9.59 Å². The van der Waals surface area contributed by atoms with Crippen LogP contribution in [-0.4, -0.2) is 55.5 Å². The first-order valence-corrected chi connectivity index (χ1v) is 13.0. The minimum absolute atomic E-state index is 0.0569. The summed E-state index contributed by atoms with van der Waals surface area (Å²) < 4.78 is 26.3. The molecule has 0 bridgehead atoms. The van der Waals surface area contributed by atoms with Crippen LogP contribution in [0.1, 0.15) is 84.5 Å². The van der Waals surface area contributed by atoms with Crippen LogP contribution >= 0.6 is 0 Å². The van der Waals surface area contributed by atoms with E-state index in [0.29, 0.717) is 51.7 Å². The Hall–Kier alpha value is -1.15. The third-order valence-corrected chi connectivity index (χ3v) is 8.25. The van der Waals surface area contributed by atoms with Crippen molar-refractivity contribution in [3.8, 4) is 0 Å². The van der Waals surface area contributed by atoms with Gasteiger partial charge in [-0.25, -0.2) is 12.7 Å². The van der Waals surface area contributed by atoms with Crippen LogP contribution in [0.5, 0.6) is 0 Å². The molecule has 1 aliphatic carbocycles. The molecule has 2 fully saturated rings. The lowest BCUT2D eigenvalue weighted by Crippen LogP contribution is -2.61. The molecule has 1 aliphatic heterocycles. The summed E-state index contributed by atoms with van der Waals surface area (Å²) in [5.74, 6) is -0.196. The summed E-state index contributed by atoms with van der Waals surface area (Å²) >= 11 is 0. The molecule has 2 aliphatic rings. The second-order valence-corrected chi connectivity index (χ2v) is 10.7. The summed E-state index contributed by atoms with van der Waals surface area (Å²) in [7, 11) is -3.22. The molecule has 0 radical (unpaired) electrons. The fourth-order valence-corrected chi connectivity index (χ4v) is 5.98. The Balaban J connectivity index is 1.94. The van der Waals surface area contributed by atoms with E-state index < -0.39 is 15.6 Å².